The van der Waals surface area contributed by atoms with Crippen molar-refractivity contribution in [2.75, 3.05) is 0 Å². The third-order valence-corrected chi connectivity index (χ3v) is 4.78. The summed E-state index contributed by atoms with van der Waals surface area (Å²) in [5, 5.41) is 25.2. The summed E-state index contributed by atoms with van der Waals surface area (Å²) in [7, 11) is 0. The van der Waals surface area contributed by atoms with Gasteiger partial charge in [-0.05, 0) is 53.9 Å². The Labute approximate surface area is 183 Å². The van der Waals surface area contributed by atoms with Crippen LogP contribution < -0.4 is 5.43 Å². The zero-order valence-corrected chi connectivity index (χ0v) is 17.0. The SMILES string of the molecule is O=C(N/N=C/c1cc(N=Nc2cccc3ccccc23)ccc1O)c1ccc(Cl)cc1. The molecule has 0 radical (unpaired) electrons. The lowest BCUT2D eigenvalue weighted by atomic mass is 10.1. The third-order valence-electron chi connectivity index (χ3n) is 4.53. The lowest BCUT2D eigenvalue weighted by Crippen LogP contribution is -2.17. The molecule has 4 aromatic rings. The Kier molecular flexibility index (Phi) is 6.01. The summed E-state index contributed by atoms with van der Waals surface area (Å²) in [5.41, 5.74) is 4.51. The van der Waals surface area contributed by atoms with Gasteiger partial charge in [0.05, 0.1) is 17.6 Å². The fourth-order valence-electron chi connectivity index (χ4n) is 2.94. The number of hydrogen-bond acceptors (Lipinski definition) is 5. The van der Waals surface area contributed by atoms with E-state index in [1.54, 1.807) is 36.4 Å². The Hall–Kier alpha value is -4.03. The van der Waals surface area contributed by atoms with Crippen LogP contribution in [0, 0.1) is 0 Å². The summed E-state index contributed by atoms with van der Waals surface area (Å²) < 4.78 is 0. The van der Waals surface area contributed by atoms with E-state index in [0.717, 1.165) is 16.5 Å². The number of phenols is 1. The van der Waals surface area contributed by atoms with Crippen LogP contribution >= 0.6 is 11.6 Å². The van der Waals surface area contributed by atoms with Crippen molar-refractivity contribution in [3.63, 3.8) is 0 Å². The van der Waals surface area contributed by atoms with E-state index in [9.17, 15) is 9.90 Å². The molecule has 2 N–H and O–H groups in total. The van der Waals surface area contributed by atoms with Crippen molar-refractivity contribution < 1.29 is 9.90 Å². The number of nitrogens with one attached hydrogen (secondary N) is 1. The van der Waals surface area contributed by atoms with Gasteiger partial charge in [-0.15, -0.1) is 5.11 Å². The van der Waals surface area contributed by atoms with Crippen LogP contribution in [0.25, 0.3) is 10.8 Å². The minimum absolute atomic E-state index is 0.00797. The molecule has 0 bridgehead atoms. The van der Waals surface area contributed by atoms with E-state index >= 15 is 0 Å². The number of benzene rings is 4. The highest BCUT2D eigenvalue weighted by molar-refractivity contribution is 6.30. The highest BCUT2D eigenvalue weighted by Gasteiger charge is 2.05. The van der Waals surface area contributed by atoms with Gasteiger partial charge >= 0.3 is 0 Å². The lowest BCUT2D eigenvalue weighted by Gasteiger charge is -2.02. The molecular formula is C24H17ClN4O2. The molecule has 0 saturated carbocycles. The van der Waals surface area contributed by atoms with Crippen LogP contribution in [0.5, 0.6) is 5.75 Å². The molecule has 152 valence electrons. The summed E-state index contributed by atoms with van der Waals surface area (Å²) in [5.74, 6) is -0.382. The van der Waals surface area contributed by atoms with Crippen molar-refractivity contribution in [3.05, 3.63) is 101 Å². The fourth-order valence-corrected chi connectivity index (χ4v) is 3.07. The van der Waals surface area contributed by atoms with Crippen molar-refractivity contribution in [2.45, 2.75) is 0 Å². The van der Waals surface area contributed by atoms with Gasteiger partial charge in [0.1, 0.15) is 5.75 Å². The smallest absolute Gasteiger partial charge is 0.271 e. The molecule has 4 rings (SSSR count). The largest absolute Gasteiger partial charge is 0.507 e. The molecule has 0 atom stereocenters. The summed E-state index contributed by atoms with van der Waals surface area (Å²) in [6.45, 7) is 0. The first-order valence-corrected chi connectivity index (χ1v) is 9.79. The Morgan fingerprint density at radius 3 is 2.52 bits per heavy atom. The molecule has 0 spiro atoms. The standard InChI is InChI=1S/C24H17ClN4O2/c25-19-10-8-17(9-11-19)24(31)29-26-15-18-14-20(12-13-23(18)30)27-28-22-7-3-5-16-4-1-2-6-21(16)22/h1-15,30H,(H,29,31)/b26-15+,28-27?. The molecule has 0 saturated heterocycles. The lowest BCUT2D eigenvalue weighted by molar-refractivity contribution is 0.0955. The molecule has 0 unspecified atom stereocenters. The first kappa shape index (κ1) is 20.3. The van der Waals surface area contributed by atoms with E-state index in [-0.39, 0.29) is 11.7 Å². The maximum Gasteiger partial charge on any atom is 0.271 e. The minimum atomic E-state index is -0.390. The van der Waals surface area contributed by atoms with Crippen molar-refractivity contribution in [2.24, 2.45) is 15.3 Å². The van der Waals surface area contributed by atoms with Crippen molar-refractivity contribution in [1.82, 2.24) is 5.43 Å². The maximum atomic E-state index is 12.1. The number of aromatic hydroxyl groups is 1. The molecule has 0 aromatic heterocycles. The van der Waals surface area contributed by atoms with Crippen LogP contribution in [0.1, 0.15) is 15.9 Å². The molecule has 7 heteroatoms. The van der Waals surface area contributed by atoms with E-state index in [0.29, 0.717) is 21.8 Å². The normalized spacial score (nSPS) is 11.4. The predicted molar refractivity (Wildman–Crippen MR) is 123 cm³/mol. The summed E-state index contributed by atoms with van der Waals surface area (Å²) >= 11 is 5.82. The Balaban J connectivity index is 1.50. The average molecular weight is 429 g/mol. The molecule has 31 heavy (non-hydrogen) atoms. The van der Waals surface area contributed by atoms with Gasteiger partial charge < -0.3 is 5.11 Å². The van der Waals surface area contributed by atoms with Crippen molar-refractivity contribution >= 4 is 45.9 Å². The van der Waals surface area contributed by atoms with E-state index in [1.807, 2.05) is 42.5 Å². The van der Waals surface area contributed by atoms with Gasteiger partial charge in [0, 0.05) is 21.5 Å². The quantitative estimate of drug-likeness (QED) is 0.219. The van der Waals surface area contributed by atoms with Gasteiger partial charge in [-0.25, -0.2) is 5.43 Å². The van der Waals surface area contributed by atoms with Crippen LogP contribution in [0.3, 0.4) is 0 Å². The number of carbonyl (C=O) groups is 1. The summed E-state index contributed by atoms with van der Waals surface area (Å²) in [4.78, 5) is 12.1. The molecule has 0 aliphatic carbocycles. The van der Waals surface area contributed by atoms with Gasteiger partial charge in [-0.2, -0.15) is 10.2 Å². The van der Waals surface area contributed by atoms with Gasteiger partial charge in [0.25, 0.3) is 5.91 Å². The number of hydrogen-bond donors (Lipinski definition) is 2. The first-order valence-electron chi connectivity index (χ1n) is 9.42. The highest BCUT2D eigenvalue weighted by atomic mass is 35.5. The van der Waals surface area contributed by atoms with Crippen LogP contribution in [0.15, 0.2) is 100 Å². The Bertz CT molecular complexity index is 1300. The van der Waals surface area contributed by atoms with Crippen molar-refractivity contribution in [3.8, 4) is 5.75 Å². The molecule has 6 nitrogen and oxygen atoms in total. The molecule has 4 aromatic carbocycles. The van der Waals surface area contributed by atoms with E-state index in [1.165, 1.54) is 12.3 Å². The second-order valence-electron chi connectivity index (χ2n) is 6.65. The van der Waals surface area contributed by atoms with Gasteiger partial charge in [0.2, 0.25) is 0 Å². The molecule has 0 fully saturated rings. The number of fused-ring (bicyclic) bond motifs is 1. The zero-order valence-electron chi connectivity index (χ0n) is 16.2. The summed E-state index contributed by atoms with van der Waals surface area (Å²) in [6, 6.07) is 25.0. The second-order valence-corrected chi connectivity index (χ2v) is 7.08. The Morgan fingerprint density at radius 1 is 0.903 bits per heavy atom. The van der Waals surface area contributed by atoms with Crippen LogP contribution in [0.4, 0.5) is 11.4 Å². The van der Waals surface area contributed by atoms with Crippen LogP contribution in [-0.4, -0.2) is 17.2 Å². The monoisotopic (exact) mass is 428 g/mol. The number of hydrazone groups is 1. The Morgan fingerprint density at radius 2 is 1.68 bits per heavy atom. The number of phenolic OH excluding ortho intramolecular Hbond substituents is 1. The molecule has 0 heterocycles. The number of halogens is 1. The predicted octanol–water partition coefficient (Wildman–Crippen LogP) is 6.38. The topological polar surface area (TPSA) is 86.4 Å². The molecule has 0 aliphatic heterocycles. The van der Waals surface area contributed by atoms with E-state index in [2.05, 4.69) is 20.8 Å². The third kappa shape index (κ3) is 4.94. The highest BCUT2D eigenvalue weighted by Crippen LogP contribution is 2.28. The molecule has 1 amide bonds. The zero-order chi connectivity index (χ0) is 21.6. The number of nitrogens with zero attached hydrogens (tertiary/aromatic N) is 3. The van der Waals surface area contributed by atoms with E-state index < -0.39 is 0 Å². The first-order chi connectivity index (χ1) is 15.1. The number of amides is 1. The van der Waals surface area contributed by atoms with E-state index in [4.69, 9.17) is 11.6 Å². The van der Waals surface area contributed by atoms with Gasteiger partial charge in [-0.1, -0.05) is 48.0 Å². The van der Waals surface area contributed by atoms with Crippen LogP contribution in [-0.2, 0) is 0 Å². The molecule has 0 aliphatic rings. The number of rotatable bonds is 5. The summed E-state index contributed by atoms with van der Waals surface area (Å²) in [6.07, 6.45) is 1.35. The second kappa shape index (κ2) is 9.19. The molecular weight excluding hydrogens is 412 g/mol. The average Bonchev–Trinajstić information content (AvgIpc) is 2.79. The number of azo groups is 1. The van der Waals surface area contributed by atoms with Gasteiger partial charge in [0.15, 0.2) is 0 Å². The number of carbonyl (C=O) groups excluding carboxylic acids is 1. The maximum absolute atomic E-state index is 12.1. The van der Waals surface area contributed by atoms with Crippen molar-refractivity contribution in [1.29, 1.82) is 0 Å². The van der Waals surface area contributed by atoms with Gasteiger partial charge in [-0.3, -0.25) is 4.79 Å². The fraction of sp³-hybridized carbons (Fsp3) is 0. The van der Waals surface area contributed by atoms with Crippen LogP contribution in [0.2, 0.25) is 5.02 Å². The minimum Gasteiger partial charge on any atom is -0.507 e.